The monoisotopic (exact) mass is 204 g/mol. The highest BCUT2D eigenvalue weighted by atomic mass is 16.3. The van der Waals surface area contributed by atoms with Crippen molar-refractivity contribution in [2.45, 2.75) is 12.8 Å². The molecule has 0 radical (unpaired) electrons. The third-order valence-electron chi connectivity index (χ3n) is 1.89. The third kappa shape index (κ3) is 5.70. The van der Waals surface area contributed by atoms with Gasteiger partial charge in [-0.3, -0.25) is 0 Å². The molecule has 0 amide bonds. The topological polar surface area (TPSA) is 33.4 Å². The minimum Gasteiger partial charge on any atom is -0.473 e. The van der Waals surface area contributed by atoms with Crippen molar-refractivity contribution in [3.63, 3.8) is 0 Å². The van der Waals surface area contributed by atoms with Crippen molar-refractivity contribution < 1.29 is 9.52 Å². The predicted octanol–water partition coefficient (Wildman–Crippen LogP) is 2.89. The molecular formula is C13H16O2. The summed E-state index contributed by atoms with van der Waals surface area (Å²) >= 11 is 0. The maximum atomic E-state index is 8.53. The minimum atomic E-state index is 0.287. The van der Waals surface area contributed by atoms with Gasteiger partial charge in [0.05, 0.1) is 12.5 Å². The molecule has 0 spiro atoms. The van der Waals surface area contributed by atoms with Crippen molar-refractivity contribution in [2.24, 2.45) is 0 Å². The summed E-state index contributed by atoms with van der Waals surface area (Å²) < 4.78 is 4.58. The molecule has 0 saturated heterocycles. The van der Waals surface area contributed by atoms with E-state index in [2.05, 4.69) is 16.5 Å². The van der Waals surface area contributed by atoms with Crippen LogP contribution >= 0.6 is 0 Å². The Hall–Kier alpha value is -1.54. The van der Waals surface area contributed by atoms with Gasteiger partial charge in [0.2, 0.25) is 0 Å². The second-order valence-electron chi connectivity index (χ2n) is 3.11. The smallest absolute Gasteiger partial charge is 0.0902 e. The largest absolute Gasteiger partial charge is 0.473 e. The van der Waals surface area contributed by atoms with E-state index in [1.807, 2.05) is 30.3 Å². The Labute approximate surface area is 90.2 Å². The fraction of sp³-hybridized carbons (Fsp3) is 0.231. The molecule has 0 atom stereocenters. The molecule has 15 heavy (non-hydrogen) atoms. The number of furan rings is 1. The van der Waals surface area contributed by atoms with Gasteiger partial charge in [-0.2, -0.15) is 0 Å². The van der Waals surface area contributed by atoms with Gasteiger partial charge in [-0.15, -0.1) is 0 Å². The van der Waals surface area contributed by atoms with Crippen molar-refractivity contribution in [2.75, 3.05) is 6.61 Å². The Kier molecular flexibility index (Phi) is 6.02. The van der Waals surface area contributed by atoms with Gasteiger partial charge >= 0.3 is 0 Å². The highest BCUT2D eigenvalue weighted by molar-refractivity contribution is 5.14. The zero-order chi connectivity index (χ0) is 10.8. The molecule has 0 fully saturated rings. The fourth-order valence-corrected chi connectivity index (χ4v) is 1.15. The van der Waals surface area contributed by atoms with Crippen LogP contribution in [0.25, 0.3) is 0 Å². The molecule has 0 aliphatic rings. The second kappa shape index (κ2) is 7.83. The lowest BCUT2D eigenvalue weighted by atomic mass is 10.1. The zero-order valence-corrected chi connectivity index (χ0v) is 8.67. The van der Waals surface area contributed by atoms with Crippen molar-refractivity contribution in [3.05, 3.63) is 60.6 Å². The van der Waals surface area contributed by atoms with Crippen molar-refractivity contribution in [1.82, 2.24) is 0 Å². The SMILES string of the molecule is OCCCc1ccccc1.c1ccoc1. The Balaban J connectivity index is 0.000000187. The quantitative estimate of drug-likeness (QED) is 0.834. The molecule has 1 aromatic carbocycles. The predicted molar refractivity (Wildman–Crippen MR) is 60.6 cm³/mol. The van der Waals surface area contributed by atoms with Crippen LogP contribution in [0.5, 0.6) is 0 Å². The van der Waals surface area contributed by atoms with Crippen LogP contribution in [0, 0.1) is 0 Å². The molecule has 2 heteroatoms. The van der Waals surface area contributed by atoms with E-state index in [4.69, 9.17) is 5.11 Å². The van der Waals surface area contributed by atoms with E-state index < -0.39 is 0 Å². The van der Waals surface area contributed by atoms with E-state index in [1.165, 1.54) is 5.56 Å². The lowest BCUT2D eigenvalue weighted by Crippen LogP contribution is -1.87. The average Bonchev–Trinajstić information content (AvgIpc) is 2.86. The molecule has 1 N–H and O–H groups in total. The van der Waals surface area contributed by atoms with Gasteiger partial charge in [-0.25, -0.2) is 0 Å². The lowest BCUT2D eigenvalue weighted by Gasteiger charge is -1.96. The molecule has 0 saturated carbocycles. The maximum absolute atomic E-state index is 8.53. The first-order valence-corrected chi connectivity index (χ1v) is 5.05. The zero-order valence-electron chi connectivity index (χ0n) is 8.67. The molecule has 1 heterocycles. The van der Waals surface area contributed by atoms with Crippen LogP contribution in [0.3, 0.4) is 0 Å². The Morgan fingerprint density at radius 3 is 2.07 bits per heavy atom. The normalized spacial score (nSPS) is 9.13. The van der Waals surface area contributed by atoms with E-state index in [0.29, 0.717) is 0 Å². The first-order valence-electron chi connectivity index (χ1n) is 5.05. The number of aliphatic hydroxyl groups is 1. The molecule has 1 aromatic heterocycles. The molecule has 2 nitrogen and oxygen atoms in total. The number of aryl methyl sites for hydroxylation is 1. The average molecular weight is 204 g/mol. The molecule has 80 valence electrons. The number of hydrogen-bond donors (Lipinski definition) is 1. The van der Waals surface area contributed by atoms with Gasteiger partial charge in [0.15, 0.2) is 0 Å². The molecule has 0 bridgehead atoms. The number of aliphatic hydroxyl groups excluding tert-OH is 1. The van der Waals surface area contributed by atoms with Crippen molar-refractivity contribution in [1.29, 1.82) is 0 Å². The van der Waals surface area contributed by atoms with E-state index in [9.17, 15) is 0 Å². The van der Waals surface area contributed by atoms with Gasteiger partial charge in [-0.05, 0) is 30.5 Å². The Morgan fingerprint density at radius 1 is 0.933 bits per heavy atom. The first kappa shape index (κ1) is 11.5. The van der Waals surface area contributed by atoms with Crippen LogP contribution in [0.1, 0.15) is 12.0 Å². The number of hydrogen-bond acceptors (Lipinski definition) is 2. The van der Waals surface area contributed by atoms with Gasteiger partial charge in [0.25, 0.3) is 0 Å². The van der Waals surface area contributed by atoms with Crippen molar-refractivity contribution in [3.8, 4) is 0 Å². The fourth-order valence-electron chi connectivity index (χ4n) is 1.15. The lowest BCUT2D eigenvalue weighted by molar-refractivity contribution is 0.288. The minimum absolute atomic E-state index is 0.287. The van der Waals surface area contributed by atoms with Gasteiger partial charge < -0.3 is 9.52 Å². The standard InChI is InChI=1S/C9H12O.C4H4O/c10-8-4-7-9-5-2-1-3-6-9;1-2-4-5-3-1/h1-3,5-6,10H,4,7-8H2;1-4H. The van der Waals surface area contributed by atoms with Crippen molar-refractivity contribution >= 4 is 0 Å². The molecule has 2 rings (SSSR count). The third-order valence-corrected chi connectivity index (χ3v) is 1.89. The van der Waals surface area contributed by atoms with E-state index in [-0.39, 0.29) is 6.61 Å². The summed E-state index contributed by atoms with van der Waals surface area (Å²) in [6.07, 6.45) is 5.10. The highest BCUT2D eigenvalue weighted by Gasteiger charge is 1.88. The van der Waals surface area contributed by atoms with Gasteiger partial charge in [0, 0.05) is 6.61 Å². The van der Waals surface area contributed by atoms with Crippen LogP contribution in [0.4, 0.5) is 0 Å². The van der Waals surface area contributed by atoms with Crippen LogP contribution in [0.2, 0.25) is 0 Å². The summed E-state index contributed by atoms with van der Waals surface area (Å²) in [5.74, 6) is 0. The molecule has 2 aromatic rings. The van der Waals surface area contributed by atoms with Gasteiger partial charge in [-0.1, -0.05) is 30.3 Å². The summed E-state index contributed by atoms with van der Waals surface area (Å²) in [6, 6.07) is 13.9. The molecule has 0 aliphatic heterocycles. The summed E-state index contributed by atoms with van der Waals surface area (Å²) in [5, 5.41) is 8.53. The Bertz CT molecular complexity index is 296. The molecule has 0 unspecified atom stereocenters. The van der Waals surface area contributed by atoms with Gasteiger partial charge in [0.1, 0.15) is 0 Å². The van der Waals surface area contributed by atoms with Crippen LogP contribution in [-0.2, 0) is 6.42 Å². The highest BCUT2D eigenvalue weighted by Crippen LogP contribution is 2.00. The van der Waals surface area contributed by atoms with Crippen LogP contribution < -0.4 is 0 Å². The number of rotatable bonds is 3. The van der Waals surface area contributed by atoms with Crippen LogP contribution in [0.15, 0.2) is 59.4 Å². The van der Waals surface area contributed by atoms with Crippen LogP contribution in [-0.4, -0.2) is 11.7 Å². The van der Waals surface area contributed by atoms with E-state index in [0.717, 1.165) is 12.8 Å². The summed E-state index contributed by atoms with van der Waals surface area (Å²) in [5.41, 5.74) is 1.30. The van der Waals surface area contributed by atoms with E-state index >= 15 is 0 Å². The number of benzene rings is 1. The molecule has 0 aliphatic carbocycles. The summed E-state index contributed by atoms with van der Waals surface area (Å²) in [4.78, 5) is 0. The second-order valence-corrected chi connectivity index (χ2v) is 3.11. The molecular weight excluding hydrogens is 188 g/mol. The summed E-state index contributed by atoms with van der Waals surface area (Å²) in [7, 11) is 0. The Morgan fingerprint density at radius 2 is 1.60 bits per heavy atom. The summed E-state index contributed by atoms with van der Waals surface area (Å²) in [6.45, 7) is 0.287. The van der Waals surface area contributed by atoms with E-state index in [1.54, 1.807) is 12.5 Å². The maximum Gasteiger partial charge on any atom is 0.0902 e. The first-order chi connectivity index (χ1) is 7.43.